The molecule has 4 aromatic rings. The van der Waals surface area contributed by atoms with E-state index in [0.29, 0.717) is 22.8 Å². The van der Waals surface area contributed by atoms with E-state index >= 15 is 0 Å². The monoisotopic (exact) mass is 666 g/mol. The highest BCUT2D eigenvalue weighted by Gasteiger charge is 2.07. The molecule has 0 heterocycles. The highest BCUT2D eigenvalue weighted by molar-refractivity contribution is 5.81. The second kappa shape index (κ2) is 18.1. The summed E-state index contributed by atoms with van der Waals surface area (Å²) in [4.78, 5) is 22.1. The normalized spacial score (nSPS) is 10.8. The number of carbonyl (C=O) groups is 2. The van der Waals surface area contributed by atoms with Gasteiger partial charge in [0.25, 0.3) is 0 Å². The van der Waals surface area contributed by atoms with Crippen LogP contribution in [0.2, 0.25) is 0 Å². The van der Waals surface area contributed by atoms with Gasteiger partial charge in [-0.3, -0.25) is 10.4 Å². The smallest absolute Gasteiger partial charge is 0.330 e. The van der Waals surface area contributed by atoms with Gasteiger partial charge in [-0.2, -0.15) is 15.3 Å². The second-order valence-corrected chi connectivity index (χ2v) is 10.1. The number of rotatable bonds is 17. The van der Waals surface area contributed by atoms with E-state index in [1.165, 1.54) is 12.1 Å². The number of esters is 2. The number of hydrogen-bond donors (Lipinski definition) is 1. The second-order valence-electron chi connectivity index (χ2n) is 10.1. The molecule has 0 saturated carbocycles. The Hall–Kier alpha value is -6.37. The molecule has 0 unspecified atom stereocenters. The molecule has 12 nitrogen and oxygen atoms in total. The SMILES string of the molecule is C=CC(=O)OCCOc1ccc(NN(C)c2ccc(/N=N/c3ccc(/N=N/c4ccc(OCCOC(=O)C=C)cc4F)cc3)c(C)c2)cc1. The van der Waals surface area contributed by atoms with E-state index in [-0.39, 0.29) is 37.9 Å². The van der Waals surface area contributed by atoms with E-state index in [0.717, 1.165) is 29.1 Å². The summed E-state index contributed by atoms with van der Waals surface area (Å²) >= 11 is 0. The lowest BCUT2D eigenvalue weighted by Crippen LogP contribution is -2.24. The van der Waals surface area contributed by atoms with Crippen LogP contribution >= 0.6 is 0 Å². The van der Waals surface area contributed by atoms with E-state index in [1.54, 1.807) is 30.3 Å². The lowest BCUT2D eigenvalue weighted by atomic mass is 10.2. The maximum absolute atomic E-state index is 14.5. The molecule has 49 heavy (non-hydrogen) atoms. The van der Waals surface area contributed by atoms with Crippen molar-refractivity contribution in [1.29, 1.82) is 0 Å². The van der Waals surface area contributed by atoms with Gasteiger partial charge in [0.1, 0.15) is 43.6 Å². The topological polar surface area (TPSA) is 136 Å². The Morgan fingerprint density at radius 3 is 1.80 bits per heavy atom. The molecule has 0 radical (unpaired) electrons. The quantitative estimate of drug-likeness (QED) is 0.0389. The number of hydrazine groups is 1. The Labute approximate surface area is 283 Å². The number of anilines is 2. The summed E-state index contributed by atoms with van der Waals surface area (Å²) in [5.74, 6) is -0.730. The van der Waals surface area contributed by atoms with Crippen LogP contribution in [-0.2, 0) is 19.1 Å². The third-order valence-corrected chi connectivity index (χ3v) is 6.56. The van der Waals surface area contributed by atoms with Gasteiger partial charge in [0.05, 0.1) is 28.4 Å². The third kappa shape index (κ3) is 11.4. The first-order valence-electron chi connectivity index (χ1n) is 15.0. The average Bonchev–Trinajstić information content (AvgIpc) is 3.11. The summed E-state index contributed by atoms with van der Waals surface area (Å²) in [6.07, 6.45) is 2.16. The molecule has 0 aliphatic rings. The van der Waals surface area contributed by atoms with Crippen molar-refractivity contribution in [2.45, 2.75) is 6.92 Å². The molecule has 0 saturated heterocycles. The molecule has 0 aliphatic heterocycles. The maximum atomic E-state index is 14.5. The summed E-state index contributed by atoms with van der Waals surface area (Å²) in [7, 11) is 1.90. The molecular formula is C36H35FN6O6. The van der Waals surface area contributed by atoms with Crippen molar-refractivity contribution in [2.24, 2.45) is 20.5 Å². The fourth-order valence-electron chi connectivity index (χ4n) is 4.03. The number of nitrogens with zero attached hydrogens (tertiary/aromatic N) is 5. The van der Waals surface area contributed by atoms with Crippen molar-refractivity contribution in [3.8, 4) is 11.5 Å². The summed E-state index contributed by atoms with van der Waals surface area (Å²) in [5.41, 5.74) is 7.87. The minimum absolute atomic E-state index is 0.0150. The lowest BCUT2D eigenvalue weighted by Gasteiger charge is -2.22. The number of aryl methyl sites for hydroxylation is 1. The van der Waals surface area contributed by atoms with Crippen molar-refractivity contribution >= 4 is 46.1 Å². The van der Waals surface area contributed by atoms with Crippen LogP contribution in [-0.4, -0.2) is 45.4 Å². The zero-order valence-electron chi connectivity index (χ0n) is 27.0. The molecular weight excluding hydrogens is 631 g/mol. The Kier molecular flexibility index (Phi) is 13.1. The Morgan fingerprint density at radius 1 is 0.714 bits per heavy atom. The summed E-state index contributed by atoms with van der Waals surface area (Å²) in [6.45, 7) is 9.07. The minimum Gasteiger partial charge on any atom is -0.490 e. The number of halogens is 1. The largest absolute Gasteiger partial charge is 0.490 e. The van der Waals surface area contributed by atoms with E-state index in [4.69, 9.17) is 18.9 Å². The standard InChI is InChI=1S/C36H35FN6O6/c1-5-35(44)48-21-19-46-30-14-11-28(12-15-30)42-43(4)29-13-17-33(25(3)23-29)40-38-26-7-9-27(10-8-26)39-41-34-18-16-31(24-32(34)37)47-20-22-49-36(45)6-2/h5-18,23-24,42H,1-2,19-22H2,3-4H3/b40-38+,41-39+. The van der Waals surface area contributed by atoms with Crippen LogP contribution in [0.1, 0.15) is 5.56 Å². The summed E-state index contributed by atoms with van der Waals surface area (Å²) in [6, 6.07) is 24.3. The van der Waals surface area contributed by atoms with Crippen molar-refractivity contribution in [3.63, 3.8) is 0 Å². The van der Waals surface area contributed by atoms with Gasteiger partial charge in [0.2, 0.25) is 0 Å². The molecule has 0 fully saturated rings. The van der Waals surface area contributed by atoms with Crippen LogP contribution in [0, 0.1) is 12.7 Å². The van der Waals surface area contributed by atoms with Gasteiger partial charge in [-0.15, -0.1) is 5.11 Å². The van der Waals surface area contributed by atoms with E-state index in [9.17, 15) is 14.0 Å². The first-order chi connectivity index (χ1) is 23.7. The molecule has 13 heteroatoms. The van der Waals surface area contributed by atoms with E-state index < -0.39 is 17.8 Å². The van der Waals surface area contributed by atoms with Gasteiger partial charge < -0.3 is 18.9 Å². The number of carbonyl (C=O) groups excluding carboxylic acids is 2. The van der Waals surface area contributed by atoms with Crippen molar-refractivity contribution < 1.29 is 32.9 Å². The predicted octanol–water partition coefficient (Wildman–Crippen LogP) is 8.64. The van der Waals surface area contributed by atoms with Crippen molar-refractivity contribution in [1.82, 2.24) is 0 Å². The Morgan fingerprint density at radius 2 is 1.24 bits per heavy atom. The number of ether oxygens (including phenoxy) is 4. The predicted molar refractivity (Wildman–Crippen MR) is 184 cm³/mol. The van der Waals surface area contributed by atoms with Gasteiger partial charge in [-0.25, -0.2) is 14.0 Å². The highest BCUT2D eigenvalue weighted by atomic mass is 19.1. The summed E-state index contributed by atoms with van der Waals surface area (Å²) < 4.78 is 35.1. The van der Waals surface area contributed by atoms with Gasteiger partial charge in [0, 0.05) is 25.3 Å². The van der Waals surface area contributed by atoms with Crippen molar-refractivity contribution in [3.05, 3.63) is 122 Å². The molecule has 0 spiro atoms. The maximum Gasteiger partial charge on any atom is 0.330 e. The molecule has 0 atom stereocenters. The first kappa shape index (κ1) is 35.5. The van der Waals surface area contributed by atoms with Crippen LogP contribution in [0.15, 0.2) is 131 Å². The molecule has 0 aliphatic carbocycles. The number of benzene rings is 4. The van der Waals surface area contributed by atoms with Crippen LogP contribution in [0.3, 0.4) is 0 Å². The van der Waals surface area contributed by atoms with Crippen LogP contribution in [0.25, 0.3) is 0 Å². The molecule has 0 amide bonds. The van der Waals surface area contributed by atoms with Gasteiger partial charge in [-0.1, -0.05) is 13.2 Å². The van der Waals surface area contributed by atoms with E-state index in [1.807, 2.05) is 61.4 Å². The van der Waals surface area contributed by atoms with Crippen LogP contribution in [0.4, 0.5) is 38.5 Å². The number of hydrogen-bond acceptors (Lipinski definition) is 12. The van der Waals surface area contributed by atoms with Gasteiger partial charge in [-0.05, 0) is 91.3 Å². The van der Waals surface area contributed by atoms with Crippen LogP contribution in [0.5, 0.6) is 11.5 Å². The third-order valence-electron chi connectivity index (χ3n) is 6.56. The zero-order chi connectivity index (χ0) is 35.0. The fraction of sp³-hybridized carbons (Fsp3) is 0.167. The number of azo groups is 2. The van der Waals surface area contributed by atoms with E-state index in [2.05, 4.69) is 39.0 Å². The first-order valence-corrected chi connectivity index (χ1v) is 15.0. The lowest BCUT2D eigenvalue weighted by molar-refractivity contribution is -0.139. The Balaban J connectivity index is 1.26. The zero-order valence-corrected chi connectivity index (χ0v) is 27.0. The molecule has 0 aromatic heterocycles. The van der Waals surface area contributed by atoms with Gasteiger partial charge in [0.15, 0.2) is 5.82 Å². The van der Waals surface area contributed by atoms with Crippen LogP contribution < -0.4 is 19.9 Å². The average molecular weight is 667 g/mol. The molecule has 252 valence electrons. The van der Waals surface area contributed by atoms with Crippen molar-refractivity contribution in [2.75, 3.05) is 43.9 Å². The minimum atomic E-state index is -0.610. The molecule has 4 aromatic carbocycles. The molecule has 4 rings (SSSR count). The fourth-order valence-corrected chi connectivity index (χ4v) is 4.03. The highest BCUT2D eigenvalue weighted by Crippen LogP contribution is 2.29. The van der Waals surface area contributed by atoms with Gasteiger partial charge >= 0.3 is 11.9 Å². The number of nitrogens with one attached hydrogen (secondary N) is 1. The Bertz CT molecular complexity index is 1810. The molecule has 1 N–H and O–H groups in total. The molecule has 0 bridgehead atoms. The summed E-state index contributed by atoms with van der Waals surface area (Å²) in [5, 5.41) is 18.7.